The number of phenolic OH excluding ortho intramolecular Hbond substituents is 1. The van der Waals surface area contributed by atoms with Crippen LogP contribution in [0.2, 0.25) is 0 Å². The van der Waals surface area contributed by atoms with Gasteiger partial charge >= 0.3 is 0 Å². The maximum absolute atomic E-state index is 12.9. The van der Waals surface area contributed by atoms with Gasteiger partial charge in [-0.05, 0) is 49.4 Å². The zero-order valence-electron chi connectivity index (χ0n) is 15.3. The zero-order chi connectivity index (χ0) is 19.4. The Morgan fingerprint density at radius 1 is 1.04 bits per heavy atom. The molecule has 1 heterocycles. The zero-order valence-corrected chi connectivity index (χ0v) is 15.3. The summed E-state index contributed by atoms with van der Waals surface area (Å²) in [6.45, 7) is 2.84. The number of carbonyl (C=O) groups is 2. The minimum Gasteiger partial charge on any atom is -0.504 e. The van der Waals surface area contributed by atoms with Crippen molar-refractivity contribution in [2.45, 2.75) is 6.92 Å². The van der Waals surface area contributed by atoms with Crippen LogP contribution in [0.1, 0.15) is 27.6 Å². The summed E-state index contributed by atoms with van der Waals surface area (Å²) in [4.78, 5) is 25.8. The third-order valence-corrected chi connectivity index (χ3v) is 4.67. The lowest BCUT2D eigenvalue weighted by atomic mass is 9.83. The summed E-state index contributed by atoms with van der Waals surface area (Å²) in [6, 6.07) is 11.3. The lowest BCUT2D eigenvalue weighted by Gasteiger charge is -2.16. The van der Waals surface area contributed by atoms with Crippen LogP contribution in [-0.2, 0) is 4.74 Å². The van der Waals surface area contributed by atoms with Crippen LogP contribution in [-0.4, -0.2) is 43.6 Å². The van der Waals surface area contributed by atoms with Gasteiger partial charge in [0.25, 0.3) is 0 Å². The fraction of sp³-hybridized carbons (Fsp3) is 0.333. The van der Waals surface area contributed by atoms with Gasteiger partial charge in [0, 0.05) is 11.1 Å². The van der Waals surface area contributed by atoms with Crippen LogP contribution < -0.4 is 9.47 Å². The van der Waals surface area contributed by atoms with Gasteiger partial charge in [-0.15, -0.1) is 0 Å². The quantitative estimate of drug-likeness (QED) is 0.754. The van der Waals surface area contributed by atoms with Crippen molar-refractivity contribution in [3.8, 4) is 17.2 Å². The minimum absolute atomic E-state index is 0.0428. The number of Topliss-reactive ketones (excluding diaryl/α,β-unsaturated/α-hetero) is 2. The third-order valence-electron chi connectivity index (χ3n) is 4.67. The van der Waals surface area contributed by atoms with Crippen molar-refractivity contribution < 1.29 is 28.9 Å². The van der Waals surface area contributed by atoms with Crippen LogP contribution >= 0.6 is 0 Å². The molecule has 0 saturated carbocycles. The van der Waals surface area contributed by atoms with E-state index >= 15 is 0 Å². The molecule has 27 heavy (non-hydrogen) atoms. The van der Waals surface area contributed by atoms with E-state index in [0.29, 0.717) is 23.5 Å². The highest BCUT2D eigenvalue weighted by atomic mass is 16.5. The van der Waals surface area contributed by atoms with Gasteiger partial charge in [-0.1, -0.05) is 0 Å². The van der Waals surface area contributed by atoms with Gasteiger partial charge in [0.05, 0.1) is 38.8 Å². The van der Waals surface area contributed by atoms with Crippen molar-refractivity contribution >= 4 is 11.6 Å². The van der Waals surface area contributed by atoms with Gasteiger partial charge in [-0.3, -0.25) is 9.59 Å². The predicted molar refractivity (Wildman–Crippen MR) is 98.7 cm³/mol. The first-order valence-corrected chi connectivity index (χ1v) is 8.81. The Balaban J connectivity index is 1.80. The largest absolute Gasteiger partial charge is 0.504 e. The Kier molecular flexibility index (Phi) is 5.76. The van der Waals surface area contributed by atoms with Gasteiger partial charge in [-0.25, -0.2) is 0 Å². The summed E-state index contributed by atoms with van der Waals surface area (Å²) in [5.74, 6) is -0.572. The van der Waals surface area contributed by atoms with E-state index in [0.717, 1.165) is 0 Å². The van der Waals surface area contributed by atoms with Crippen LogP contribution in [0.25, 0.3) is 0 Å². The molecule has 1 N–H and O–H groups in total. The van der Waals surface area contributed by atoms with Crippen LogP contribution in [0.5, 0.6) is 17.2 Å². The number of carbonyl (C=O) groups excluding carboxylic acids is 2. The molecule has 1 fully saturated rings. The number of benzene rings is 2. The molecule has 0 unspecified atom stereocenters. The normalized spacial score (nSPS) is 18.9. The monoisotopic (exact) mass is 370 g/mol. The lowest BCUT2D eigenvalue weighted by molar-refractivity contribution is 0.0809. The minimum atomic E-state index is -0.571. The SMILES string of the molecule is CCOc1ccc(C(=O)[C@H]2COC[C@@H]2C(=O)c2ccc(O)c(OC)c2)cc1. The lowest BCUT2D eigenvalue weighted by Crippen LogP contribution is -2.29. The average Bonchev–Trinajstić information content (AvgIpc) is 3.18. The van der Waals surface area contributed by atoms with Gasteiger partial charge in [0.2, 0.25) is 0 Å². The summed E-state index contributed by atoms with van der Waals surface area (Å²) in [7, 11) is 1.42. The number of rotatable bonds is 7. The first-order valence-electron chi connectivity index (χ1n) is 8.81. The van der Waals surface area contributed by atoms with E-state index in [-0.39, 0.29) is 36.3 Å². The molecule has 2 aromatic carbocycles. The summed E-state index contributed by atoms with van der Waals surface area (Å²) in [5, 5.41) is 9.71. The molecule has 0 bridgehead atoms. The fourth-order valence-corrected chi connectivity index (χ4v) is 3.21. The number of phenols is 1. The molecule has 3 rings (SSSR count). The van der Waals surface area contributed by atoms with Crippen molar-refractivity contribution in [1.29, 1.82) is 0 Å². The van der Waals surface area contributed by atoms with Crippen LogP contribution in [0, 0.1) is 11.8 Å². The number of hydrogen-bond acceptors (Lipinski definition) is 6. The third kappa shape index (κ3) is 3.95. The van der Waals surface area contributed by atoms with Crippen molar-refractivity contribution in [2.75, 3.05) is 26.9 Å². The molecule has 1 aliphatic rings. The molecule has 6 nitrogen and oxygen atoms in total. The standard InChI is InChI=1S/C21H22O6/c1-3-27-15-7-4-13(5-8-15)20(23)16-11-26-12-17(16)21(24)14-6-9-18(22)19(10-14)25-2/h4-10,16-17,22H,3,11-12H2,1-2H3/t16-,17-/m0/s1. The molecule has 2 atom stereocenters. The Hall–Kier alpha value is -2.86. The molecular formula is C21H22O6. The molecule has 0 radical (unpaired) electrons. The second-order valence-corrected chi connectivity index (χ2v) is 6.32. The summed E-state index contributed by atoms with van der Waals surface area (Å²) in [6.07, 6.45) is 0. The first-order chi connectivity index (χ1) is 13.0. The van der Waals surface area contributed by atoms with E-state index in [1.54, 1.807) is 24.3 Å². The Labute approximate surface area is 157 Å². The number of aromatic hydroxyl groups is 1. The number of hydrogen-bond donors (Lipinski definition) is 1. The molecule has 0 amide bonds. The topological polar surface area (TPSA) is 82.1 Å². The second-order valence-electron chi connectivity index (χ2n) is 6.32. The van der Waals surface area contributed by atoms with Crippen molar-refractivity contribution in [2.24, 2.45) is 11.8 Å². The van der Waals surface area contributed by atoms with Crippen LogP contribution in [0.3, 0.4) is 0 Å². The molecule has 0 spiro atoms. The number of methoxy groups -OCH3 is 1. The Morgan fingerprint density at radius 3 is 2.22 bits per heavy atom. The molecule has 142 valence electrons. The molecule has 2 aromatic rings. The summed E-state index contributed by atoms with van der Waals surface area (Å²) in [5.41, 5.74) is 0.902. The molecular weight excluding hydrogens is 348 g/mol. The Morgan fingerprint density at radius 2 is 1.63 bits per heavy atom. The first kappa shape index (κ1) is 18.9. The highest BCUT2D eigenvalue weighted by Gasteiger charge is 2.39. The van der Waals surface area contributed by atoms with E-state index in [2.05, 4.69) is 0 Å². The van der Waals surface area contributed by atoms with Gasteiger partial charge in [0.1, 0.15) is 5.75 Å². The van der Waals surface area contributed by atoms with Crippen molar-refractivity contribution in [1.82, 2.24) is 0 Å². The number of ketones is 2. The molecule has 1 saturated heterocycles. The van der Waals surface area contributed by atoms with E-state index in [4.69, 9.17) is 14.2 Å². The van der Waals surface area contributed by atoms with E-state index in [1.807, 2.05) is 6.92 Å². The van der Waals surface area contributed by atoms with Gasteiger partial charge < -0.3 is 19.3 Å². The molecule has 6 heteroatoms. The van der Waals surface area contributed by atoms with Gasteiger partial charge in [-0.2, -0.15) is 0 Å². The van der Waals surface area contributed by atoms with E-state index < -0.39 is 11.8 Å². The predicted octanol–water partition coefficient (Wildman–Crippen LogP) is 3.13. The van der Waals surface area contributed by atoms with Crippen molar-refractivity contribution in [3.05, 3.63) is 53.6 Å². The molecule has 0 aromatic heterocycles. The summed E-state index contributed by atoms with van der Waals surface area (Å²) < 4.78 is 15.9. The molecule has 1 aliphatic heterocycles. The highest BCUT2D eigenvalue weighted by molar-refractivity contribution is 6.05. The van der Waals surface area contributed by atoms with Crippen LogP contribution in [0.15, 0.2) is 42.5 Å². The molecule has 0 aliphatic carbocycles. The second kappa shape index (κ2) is 8.22. The highest BCUT2D eigenvalue weighted by Crippen LogP contribution is 2.32. The van der Waals surface area contributed by atoms with E-state index in [9.17, 15) is 14.7 Å². The maximum Gasteiger partial charge on any atom is 0.169 e. The fourth-order valence-electron chi connectivity index (χ4n) is 3.21. The maximum atomic E-state index is 12.9. The summed E-state index contributed by atoms with van der Waals surface area (Å²) >= 11 is 0. The van der Waals surface area contributed by atoms with E-state index in [1.165, 1.54) is 25.3 Å². The Bertz CT molecular complexity index is 827. The number of ether oxygens (including phenoxy) is 3. The smallest absolute Gasteiger partial charge is 0.169 e. The average molecular weight is 370 g/mol. The van der Waals surface area contributed by atoms with Crippen LogP contribution in [0.4, 0.5) is 0 Å². The van der Waals surface area contributed by atoms with Crippen molar-refractivity contribution in [3.63, 3.8) is 0 Å². The van der Waals surface area contributed by atoms with Gasteiger partial charge in [0.15, 0.2) is 23.1 Å².